The average molecular weight is 347 g/mol. The number of alkyl halides is 1. The van der Waals surface area contributed by atoms with Gasteiger partial charge in [0.05, 0.1) is 0 Å². The van der Waals surface area contributed by atoms with Crippen LogP contribution in [0, 0.1) is 0 Å². The van der Waals surface area contributed by atoms with Gasteiger partial charge >= 0.3 is 6.09 Å². The van der Waals surface area contributed by atoms with Gasteiger partial charge in [-0.1, -0.05) is 22.6 Å². The lowest BCUT2D eigenvalue weighted by molar-refractivity contribution is 0.0114. The quantitative estimate of drug-likeness (QED) is 0.339. The Kier molecular flexibility index (Phi) is 3.99. The number of amides is 1. The second-order valence-electron chi connectivity index (χ2n) is 4.32. The van der Waals surface area contributed by atoms with Crippen LogP contribution in [-0.2, 0) is 15.8 Å². The summed E-state index contributed by atoms with van der Waals surface area (Å²) in [5.41, 5.74) is -0.531. The Bertz CT molecular complexity index is 291. The Morgan fingerprint density at radius 1 is 1.60 bits per heavy atom. The summed E-state index contributed by atoms with van der Waals surface area (Å²) in [6, 6.07) is 0. The molecule has 15 heavy (non-hydrogen) atoms. The van der Waals surface area contributed by atoms with Crippen LogP contribution in [0.25, 0.3) is 0 Å². The Hall–Kier alpha value is 0.110. The first-order chi connectivity index (χ1) is 6.72. The highest BCUT2D eigenvalue weighted by atomic mass is 127. The Labute approximate surface area is 105 Å². The number of ether oxygens (including phenoxy) is 1. The van der Waals surface area contributed by atoms with Crippen molar-refractivity contribution in [1.82, 2.24) is 4.90 Å². The van der Waals surface area contributed by atoms with Gasteiger partial charge in [0.2, 0.25) is 0 Å². The normalized spacial score (nSPS) is 28.2. The van der Waals surface area contributed by atoms with Gasteiger partial charge in [0.1, 0.15) is 14.9 Å². The van der Waals surface area contributed by atoms with Crippen LogP contribution in [0.1, 0.15) is 20.8 Å². The van der Waals surface area contributed by atoms with E-state index >= 15 is 0 Å². The number of hydrogen-bond acceptors (Lipinski definition) is 3. The number of likely N-dealkylation sites (tertiary alicyclic amines) is 1. The highest BCUT2D eigenvalue weighted by Crippen LogP contribution is 2.29. The van der Waals surface area contributed by atoms with Gasteiger partial charge in [0, 0.05) is 6.54 Å². The second kappa shape index (κ2) is 4.54. The van der Waals surface area contributed by atoms with Gasteiger partial charge in [-0.15, -0.1) is 0 Å². The minimum atomic E-state index is -1.87. The maximum atomic E-state index is 11.5. The van der Waals surface area contributed by atoms with Crippen LogP contribution in [-0.4, -0.2) is 41.2 Å². The summed E-state index contributed by atoms with van der Waals surface area (Å²) in [7, 11) is 0. The Morgan fingerprint density at radius 3 is 2.47 bits per heavy atom. The highest BCUT2D eigenvalue weighted by molar-refractivity contribution is 14.1. The van der Waals surface area contributed by atoms with E-state index in [1.165, 1.54) is 4.90 Å². The van der Waals surface area contributed by atoms with Crippen molar-refractivity contribution >= 4 is 39.8 Å². The van der Waals surface area contributed by atoms with Crippen molar-refractivity contribution in [2.45, 2.75) is 35.7 Å². The molecule has 1 saturated heterocycles. The fourth-order valence-corrected chi connectivity index (χ4v) is 3.16. The maximum absolute atomic E-state index is 11.5. The van der Waals surface area contributed by atoms with Crippen LogP contribution in [0.4, 0.5) is 4.79 Å². The first-order valence-electron chi connectivity index (χ1n) is 4.46. The van der Waals surface area contributed by atoms with Crippen LogP contribution in [0.3, 0.4) is 0 Å². The Morgan fingerprint density at radius 2 is 2.13 bits per heavy atom. The fourth-order valence-electron chi connectivity index (χ4n) is 1.10. The predicted molar refractivity (Wildman–Crippen MR) is 65.3 cm³/mol. The summed E-state index contributed by atoms with van der Waals surface area (Å²) in [6.07, 6.45) is -0.427. The summed E-state index contributed by atoms with van der Waals surface area (Å²) < 4.78 is 24.5. The molecule has 0 saturated carbocycles. The molecule has 0 aromatic heterocycles. The topological polar surface area (TPSA) is 66.8 Å². The molecule has 0 spiro atoms. The van der Waals surface area contributed by atoms with Crippen LogP contribution in [0.15, 0.2) is 0 Å². The molecular formula is C8H14INO4S. The number of nitrogens with zero attached hydrogens (tertiary/aromatic N) is 1. The maximum Gasteiger partial charge on any atom is 0.411 e. The molecule has 3 atom stereocenters. The lowest BCUT2D eigenvalue weighted by atomic mass is 10.2. The second-order valence-corrected chi connectivity index (χ2v) is 6.75. The van der Waals surface area contributed by atoms with Crippen molar-refractivity contribution in [1.29, 1.82) is 0 Å². The molecule has 1 amide bonds. The first kappa shape index (κ1) is 13.2. The minimum Gasteiger partial charge on any atom is -0.444 e. The molecule has 1 fully saturated rings. The van der Waals surface area contributed by atoms with Gasteiger partial charge in [0.25, 0.3) is 0 Å². The van der Waals surface area contributed by atoms with Gasteiger partial charge < -0.3 is 9.29 Å². The van der Waals surface area contributed by atoms with Crippen molar-refractivity contribution in [2.24, 2.45) is 0 Å². The summed E-state index contributed by atoms with van der Waals surface area (Å²) in [5, 5.41) is -0.363. The van der Waals surface area contributed by atoms with Crippen LogP contribution >= 0.6 is 22.6 Å². The molecule has 1 aliphatic rings. The average Bonchev–Trinajstić information content (AvgIpc) is 1.97. The van der Waals surface area contributed by atoms with Crippen molar-refractivity contribution in [2.75, 3.05) is 6.54 Å². The highest BCUT2D eigenvalue weighted by Gasteiger charge is 2.45. The minimum absolute atomic E-state index is 0.261. The molecule has 1 aliphatic heterocycles. The number of hydrogen-bond donors (Lipinski definition) is 1. The SMILES string of the molecule is CC(C)(C)OC(=O)N1CC(S(=O)O)C1I. The molecule has 7 heteroatoms. The lowest BCUT2D eigenvalue weighted by Crippen LogP contribution is -2.61. The monoisotopic (exact) mass is 347 g/mol. The van der Waals surface area contributed by atoms with E-state index in [9.17, 15) is 9.00 Å². The van der Waals surface area contributed by atoms with Crippen molar-refractivity contribution in [3.8, 4) is 0 Å². The van der Waals surface area contributed by atoms with E-state index < -0.39 is 22.8 Å². The molecular weight excluding hydrogens is 333 g/mol. The summed E-state index contributed by atoms with van der Waals surface area (Å²) in [5.74, 6) is 0. The largest absolute Gasteiger partial charge is 0.444 e. The van der Waals surface area contributed by atoms with E-state index in [2.05, 4.69) is 0 Å². The zero-order valence-electron chi connectivity index (χ0n) is 8.77. The standard InChI is InChI=1S/C8H14INO4S/c1-8(2,3)14-7(11)10-4-5(6(10)9)15(12)13/h5-6H,4H2,1-3H3,(H,12,13). The molecule has 0 aromatic rings. The van der Waals surface area contributed by atoms with E-state index in [0.29, 0.717) is 0 Å². The third-order valence-electron chi connectivity index (χ3n) is 1.87. The zero-order valence-corrected chi connectivity index (χ0v) is 11.7. The van der Waals surface area contributed by atoms with Gasteiger partial charge in [-0.25, -0.2) is 9.00 Å². The lowest BCUT2D eigenvalue weighted by Gasteiger charge is -2.42. The van der Waals surface area contributed by atoms with Gasteiger partial charge in [0.15, 0.2) is 11.1 Å². The van der Waals surface area contributed by atoms with Crippen molar-refractivity contribution < 1.29 is 18.3 Å². The number of rotatable bonds is 1. The van der Waals surface area contributed by atoms with E-state index in [1.54, 1.807) is 20.8 Å². The molecule has 1 rings (SSSR count). The molecule has 0 radical (unpaired) electrons. The Balaban J connectivity index is 2.49. The molecule has 0 bridgehead atoms. The fraction of sp³-hybridized carbons (Fsp3) is 0.875. The molecule has 0 aromatic carbocycles. The van der Waals surface area contributed by atoms with Gasteiger partial charge in [-0.3, -0.25) is 4.90 Å². The first-order valence-corrected chi connectivity index (χ1v) is 6.87. The van der Waals surface area contributed by atoms with Crippen LogP contribution in [0.2, 0.25) is 0 Å². The molecule has 88 valence electrons. The molecule has 0 aliphatic carbocycles. The molecule has 3 unspecified atom stereocenters. The zero-order chi connectivity index (χ0) is 11.8. The van der Waals surface area contributed by atoms with Gasteiger partial charge in [-0.2, -0.15) is 0 Å². The summed E-state index contributed by atoms with van der Waals surface area (Å²) >= 11 is 0.100. The number of carbonyl (C=O) groups excluding carboxylic acids is 1. The van der Waals surface area contributed by atoms with Crippen molar-refractivity contribution in [3.63, 3.8) is 0 Å². The molecule has 1 heterocycles. The van der Waals surface area contributed by atoms with E-state index in [1.807, 2.05) is 22.6 Å². The van der Waals surface area contributed by atoms with E-state index in [-0.39, 0.29) is 15.8 Å². The van der Waals surface area contributed by atoms with Crippen LogP contribution < -0.4 is 0 Å². The smallest absolute Gasteiger partial charge is 0.411 e. The van der Waals surface area contributed by atoms with Crippen molar-refractivity contribution in [3.05, 3.63) is 0 Å². The molecule has 5 nitrogen and oxygen atoms in total. The number of halogens is 1. The van der Waals surface area contributed by atoms with Crippen LogP contribution in [0.5, 0.6) is 0 Å². The molecule has 1 N–H and O–H groups in total. The predicted octanol–water partition coefficient (Wildman–Crippen LogP) is 1.59. The third kappa shape index (κ3) is 3.28. The van der Waals surface area contributed by atoms with E-state index in [0.717, 1.165) is 0 Å². The summed E-state index contributed by atoms with van der Waals surface area (Å²) in [4.78, 5) is 13.0. The summed E-state index contributed by atoms with van der Waals surface area (Å²) in [6.45, 7) is 5.64. The van der Waals surface area contributed by atoms with Gasteiger partial charge in [-0.05, 0) is 20.8 Å². The van der Waals surface area contributed by atoms with E-state index in [4.69, 9.17) is 9.29 Å². The number of carbonyl (C=O) groups is 1. The third-order valence-corrected chi connectivity index (χ3v) is 4.82.